The van der Waals surface area contributed by atoms with Gasteiger partial charge in [-0.05, 0) is 45.1 Å². The summed E-state index contributed by atoms with van der Waals surface area (Å²) < 4.78 is 5.40. The Morgan fingerprint density at radius 1 is 1.27 bits per heavy atom. The van der Waals surface area contributed by atoms with Crippen molar-refractivity contribution in [3.8, 4) is 0 Å². The summed E-state index contributed by atoms with van der Waals surface area (Å²) in [5.41, 5.74) is -0.472. The highest BCUT2D eigenvalue weighted by molar-refractivity contribution is 5.81. The first kappa shape index (κ1) is 15.8. The second-order valence-electron chi connectivity index (χ2n) is 7.28. The lowest BCUT2D eigenvalue weighted by molar-refractivity contribution is -0.157. The van der Waals surface area contributed by atoms with E-state index in [2.05, 4.69) is 4.90 Å². The summed E-state index contributed by atoms with van der Waals surface area (Å²) in [4.78, 5) is 28.9. The third-order valence-corrected chi connectivity index (χ3v) is 5.61. The smallest absolute Gasteiger partial charge is 0.314 e. The van der Waals surface area contributed by atoms with Crippen molar-refractivity contribution in [3.05, 3.63) is 0 Å². The molecule has 1 amide bonds. The topological polar surface area (TPSA) is 49.9 Å². The predicted molar refractivity (Wildman–Crippen MR) is 83.2 cm³/mol. The molecule has 3 aliphatic rings. The van der Waals surface area contributed by atoms with Crippen LogP contribution in [-0.4, -0.2) is 61.0 Å². The number of hydrogen-bond donors (Lipinski definition) is 0. The fraction of sp³-hybridized carbons (Fsp3) is 0.882. The fourth-order valence-corrected chi connectivity index (χ4v) is 4.19. The van der Waals surface area contributed by atoms with E-state index in [0.717, 1.165) is 38.4 Å². The molecule has 2 saturated heterocycles. The molecule has 0 spiro atoms. The Labute approximate surface area is 133 Å². The maximum atomic E-state index is 12.7. The third-order valence-electron chi connectivity index (χ3n) is 5.61. The molecule has 2 atom stereocenters. The third kappa shape index (κ3) is 3.00. The number of carbonyl (C=O) groups is 2. The molecule has 3 fully saturated rings. The van der Waals surface area contributed by atoms with E-state index in [1.807, 2.05) is 11.8 Å². The van der Waals surface area contributed by atoms with Gasteiger partial charge in [0.1, 0.15) is 0 Å². The molecule has 5 heteroatoms. The van der Waals surface area contributed by atoms with Crippen molar-refractivity contribution in [2.75, 3.05) is 39.3 Å². The van der Waals surface area contributed by atoms with Gasteiger partial charge in [-0.3, -0.25) is 9.59 Å². The number of nitrogens with zero attached hydrogens (tertiary/aromatic N) is 2. The lowest BCUT2D eigenvalue weighted by atomic mass is 9.75. The normalized spacial score (nSPS) is 32.5. The van der Waals surface area contributed by atoms with Crippen LogP contribution < -0.4 is 0 Å². The number of likely N-dealkylation sites (tertiary alicyclic amines) is 2. The summed E-state index contributed by atoms with van der Waals surface area (Å²) in [7, 11) is 0. The van der Waals surface area contributed by atoms with Crippen LogP contribution in [0.2, 0.25) is 0 Å². The van der Waals surface area contributed by atoms with Gasteiger partial charge in [0.25, 0.3) is 0 Å². The Morgan fingerprint density at radius 2 is 2.05 bits per heavy atom. The van der Waals surface area contributed by atoms with E-state index in [1.165, 1.54) is 12.8 Å². The zero-order valence-electron chi connectivity index (χ0n) is 13.8. The molecule has 0 unspecified atom stereocenters. The molecule has 3 rings (SSSR count). The van der Waals surface area contributed by atoms with E-state index < -0.39 is 5.41 Å². The van der Waals surface area contributed by atoms with Crippen LogP contribution in [0.15, 0.2) is 0 Å². The number of ether oxygens (including phenoxy) is 1. The molecule has 22 heavy (non-hydrogen) atoms. The van der Waals surface area contributed by atoms with E-state index in [1.54, 1.807) is 6.92 Å². The lowest BCUT2D eigenvalue weighted by Gasteiger charge is -2.31. The quantitative estimate of drug-likeness (QED) is 0.739. The van der Waals surface area contributed by atoms with Gasteiger partial charge in [-0.25, -0.2) is 0 Å². The van der Waals surface area contributed by atoms with Gasteiger partial charge in [0.05, 0.1) is 12.0 Å². The van der Waals surface area contributed by atoms with Crippen LogP contribution in [0, 0.1) is 17.3 Å². The van der Waals surface area contributed by atoms with Crippen LogP contribution in [0.3, 0.4) is 0 Å². The van der Waals surface area contributed by atoms with Crippen LogP contribution in [0.25, 0.3) is 0 Å². The molecule has 0 aromatic heterocycles. The van der Waals surface area contributed by atoms with E-state index in [-0.39, 0.29) is 17.8 Å². The second-order valence-corrected chi connectivity index (χ2v) is 7.28. The average Bonchev–Trinajstić information content (AvgIpc) is 3.23. The predicted octanol–water partition coefficient (Wildman–Crippen LogP) is 1.52. The molecule has 2 heterocycles. The van der Waals surface area contributed by atoms with Crippen molar-refractivity contribution >= 4 is 11.9 Å². The lowest BCUT2D eigenvalue weighted by Crippen LogP contribution is -2.43. The molecule has 1 aliphatic carbocycles. The SMILES string of the molecule is CCOC(=O)[C@@]12CCCN(CC3CC3)C[C@@H]1CN(C(C)=O)C2. The maximum Gasteiger partial charge on any atom is 0.314 e. The largest absolute Gasteiger partial charge is 0.466 e. The zero-order valence-corrected chi connectivity index (χ0v) is 13.8. The zero-order chi connectivity index (χ0) is 15.7. The molecule has 0 N–H and O–H groups in total. The van der Waals surface area contributed by atoms with Crippen molar-refractivity contribution < 1.29 is 14.3 Å². The highest BCUT2D eigenvalue weighted by atomic mass is 16.5. The molecular weight excluding hydrogens is 280 g/mol. The summed E-state index contributed by atoms with van der Waals surface area (Å²) in [6.45, 7) is 8.30. The van der Waals surface area contributed by atoms with Gasteiger partial charge < -0.3 is 14.5 Å². The summed E-state index contributed by atoms with van der Waals surface area (Å²) in [5, 5.41) is 0. The molecule has 1 saturated carbocycles. The molecule has 0 bridgehead atoms. The Bertz CT molecular complexity index is 449. The van der Waals surface area contributed by atoms with Crippen LogP contribution in [0.5, 0.6) is 0 Å². The highest BCUT2D eigenvalue weighted by Crippen LogP contribution is 2.44. The van der Waals surface area contributed by atoms with Gasteiger partial charge in [0.15, 0.2) is 0 Å². The van der Waals surface area contributed by atoms with Crippen molar-refractivity contribution in [1.82, 2.24) is 9.80 Å². The average molecular weight is 308 g/mol. The molecule has 124 valence electrons. The van der Waals surface area contributed by atoms with Gasteiger partial charge in [-0.2, -0.15) is 0 Å². The highest BCUT2D eigenvalue weighted by Gasteiger charge is 2.54. The Morgan fingerprint density at radius 3 is 2.68 bits per heavy atom. The van der Waals surface area contributed by atoms with Crippen LogP contribution in [0.4, 0.5) is 0 Å². The minimum Gasteiger partial charge on any atom is -0.466 e. The van der Waals surface area contributed by atoms with Crippen LogP contribution in [-0.2, 0) is 14.3 Å². The minimum absolute atomic E-state index is 0.0745. The second kappa shape index (κ2) is 6.19. The number of amides is 1. The first-order valence-electron chi connectivity index (χ1n) is 8.70. The molecule has 0 radical (unpaired) electrons. The number of rotatable bonds is 4. The van der Waals surface area contributed by atoms with E-state index in [9.17, 15) is 9.59 Å². The van der Waals surface area contributed by atoms with E-state index >= 15 is 0 Å². The van der Waals surface area contributed by atoms with Gasteiger partial charge in [0.2, 0.25) is 5.91 Å². The molecule has 5 nitrogen and oxygen atoms in total. The number of carbonyl (C=O) groups excluding carboxylic acids is 2. The monoisotopic (exact) mass is 308 g/mol. The maximum absolute atomic E-state index is 12.7. The van der Waals surface area contributed by atoms with Crippen LogP contribution >= 0.6 is 0 Å². The first-order chi connectivity index (χ1) is 10.5. The van der Waals surface area contributed by atoms with Gasteiger partial charge >= 0.3 is 5.97 Å². The Balaban J connectivity index is 1.78. The summed E-state index contributed by atoms with van der Waals surface area (Å²) in [5.74, 6) is 1.07. The molecule has 2 aliphatic heterocycles. The van der Waals surface area contributed by atoms with E-state index in [4.69, 9.17) is 4.74 Å². The number of hydrogen-bond acceptors (Lipinski definition) is 4. The summed E-state index contributed by atoms with van der Waals surface area (Å²) in [6, 6.07) is 0. The van der Waals surface area contributed by atoms with Crippen molar-refractivity contribution in [2.24, 2.45) is 17.3 Å². The van der Waals surface area contributed by atoms with Gasteiger partial charge in [-0.15, -0.1) is 0 Å². The van der Waals surface area contributed by atoms with Gasteiger partial charge in [0, 0.05) is 39.0 Å². The number of fused-ring (bicyclic) bond motifs is 1. The minimum atomic E-state index is -0.472. The van der Waals surface area contributed by atoms with Crippen LogP contribution in [0.1, 0.15) is 39.5 Å². The Kier molecular flexibility index (Phi) is 4.44. The standard InChI is InChI=1S/C17H28N2O3/c1-3-22-16(21)17-7-4-8-18(9-14-5-6-14)10-15(17)11-19(12-17)13(2)20/h14-15H,3-12H2,1-2H3/t15-,17-/m1/s1. The molecular formula is C17H28N2O3. The summed E-state index contributed by atoms with van der Waals surface area (Å²) in [6.07, 6.45) is 4.57. The van der Waals surface area contributed by atoms with Gasteiger partial charge in [-0.1, -0.05) is 0 Å². The van der Waals surface area contributed by atoms with Crippen molar-refractivity contribution in [3.63, 3.8) is 0 Å². The number of esters is 1. The molecule has 0 aromatic rings. The van der Waals surface area contributed by atoms with Crippen molar-refractivity contribution in [2.45, 2.75) is 39.5 Å². The summed E-state index contributed by atoms with van der Waals surface area (Å²) >= 11 is 0. The molecule has 0 aromatic carbocycles. The van der Waals surface area contributed by atoms with Crippen molar-refractivity contribution in [1.29, 1.82) is 0 Å². The fourth-order valence-electron chi connectivity index (χ4n) is 4.19. The first-order valence-corrected chi connectivity index (χ1v) is 8.70. The Hall–Kier alpha value is -1.10. The van der Waals surface area contributed by atoms with E-state index in [0.29, 0.717) is 19.7 Å².